The first-order valence-corrected chi connectivity index (χ1v) is 13.1. The Morgan fingerprint density at radius 3 is 2.41 bits per heavy atom. The molecule has 41 heavy (non-hydrogen) atoms. The van der Waals surface area contributed by atoms with Gasteiger partial charge in [-0.1, -0.05) is 48.5 Å². The topological polar surface area (TPSA) is 168 Å². The lowest BCUT2D eigenvalue weighted by Crippen LogP contribution is -2.13. The molecule has 3 aromatic carbocycles. The number of aliphatic carboxylic acids is 1. The number of aromatic nitrogens is 4. The highest BCUT2D eigenvalue weighted by Crippen LogP contribution is 2.26. The van der Waals surface area contributed by atoms with E-state index in [0.717, 1.165) is 5.56 Å². The van der Waals surface area contributed by atoms with Crippen molar-refractivity contribution in [1.82, 2.24) is 19.6 Å². The molecule has 11 nitrogen and oxygen atoms in total. The molecule has 0 saturated carbocycles. The number of hydrogen-bond acceptors (Lipinski definition) is 9. The highest BCUT2D eigenvalue weighted by atomic mass is 16.4. The summed E-state index contributed by atoms with van der Waals surface area (Å²) >= 11 is 0. The van der Waals surface area contributed by atoms with Crippen molar-refractivity contribution in [3.8, 4) is 0 Å². The van der Waals surface area contributed by atoms with Crippen LogP contribution in [-0.2, 0) is 11.2 Å². The van der Waals surface area contributed by atoms with E-state index in [1.54, 1.807) is 71.4 Å². The molecule has 0 radical (unpaired) electrons. The number of nitrogens with one attached hydrogen (secondary N) is 2. The number of aliphatic hydroxyl groups is 1. The molecular weight excluding hydrogens is 522 g/mol. The third-order valence-electron chi connectivity index (χ3n) is 6.44. The van der Waals surface area contributed by atoms with Crippen LogP contribution in [0.15, 0.2) is 85.1 Å². The predicted octanol–water partition coefficient (Wildman–Crippen LogP) is 4.91. The zero-order valence-electron chi connectivity index (χ0n) is 22.1. The molecule has 1 atom stereocenters. The zero-order valence-corrected chi connectivity index (χ0v) is 22.1. The fourth-order valence-electron chi connectivity index (χ4n) is 4.40. The van der Waals surface area contributed by atoms with Gasteiger partial charge in [0.25, 0.3) is 0 Å². The van der Waals surface area contributed by atoms with Gasteiger partial charge in [-0.2, -0.15) is 19.6 Å². The molecule has 0 aliphatic rings. The fourth-order valence-corrected chi connectivity index (χ4v) is 4.40. The Morgan fingerprint density at radius 1 is 0.902 bits per heavy atom. The molecule has 5 rings (SSSR count). The van der Waals surface area contributed by atoms with Crippen LogP contribution in [0.3, 0.4) is 0 Å². The maximum absolute atomic E-state index is 12.8. The van der Waals surface area contributed by atoms with Crippen molar-refractivity contribution in [2.45, 2.75) is 31.8 Å². The molecule has 0 saturated heterocycles. The fraction of sp³-hybridized carbons (Fsp3) is 0.167. The number of fused-ring (bicyclic) bond motifs is 1. The Kier molecular flexibility index (Phi) is 8.16. The molecule has 208 valence electrons. The molecule has 0 aliphatic heterocycles. The van der Waals surface area contributed by atoms with E-state index in [9.17, 15) is 14.7 Å². The lowest BCUT2D eigenvalue weighted by molar-refractivity contribution is -0.137. The number of carboxylic acids is 1. The van der Waals surface area contributed by atoms with Crippen molar-refractivity contribution in [1.29, 1.82) is 0 Å². The molecule has 2 heterocycles. The number of nitrogens with zero attached hydrogens (tertiary/aromatic N) is 4. The van der Waals surface area contributed by atoms with Crippen molar-refractivity contribution >= 4 is 46.4 Å². The summed E-state index contributed by atoms with van der Waals surface area (Å²) in [5, 5.41) is 30.7. The Balaban J connectivity index is 1.45. The first kappa shape index (κ1) is 27.3. The molecule has 1 unspecified atom stereocenters. The number of carboxylic acid groups (broad SMARTS) is 1. The number of nitrogens with two attached hydrogens (primary N) is 1. The van der Waals surface area contributed by atoms with E-state index < -0.39 is 17.9 Å². The summed E-state index contributed by atoms with van der Waals surface area (Å²) in [6.07, 6.45) is 2.24. The van der Waals surface area contributed by atoms with Gasteiger partial charge in [-0.25, -0.2) is 0 Å². The second-order valence-corrected chi connectivity index (χ2v) is 9.51. The minimum absolute atomic E-state index is 0.0954. The monoisotopic (exact) mass is 551 g/mol. The highest BCUT2D eigenvalue weighted by Gasteiger charge is 2.20. The number of unbranched alkanes of at least 4 members (excludes halogenated alkanes) is 1. The number of benzene rings is 3. The summed E-state index contributed by atoms with van der Waals surface area (Å²) in [6, 6.07) is 22.7. The molecule has 0 bridgehead atoms. The van der Waals surface area contributed by atoms with Crippen molar-refractivity contribution < 1.29 is 19.8 Å². The summed E-state index contributed by atoms with van der Waals surface area (Å²) in [6.45, 7) is 0. The normalized spacial score (nSPS) is 11.7. The largest absolute Gasteiger partial charge is 0.481 e. The van der Waals surface area contributed by atoms with E-state index in [-0.39, 0.29) is 6.42 Å². The zero-order chi connectivity index (χ0) is 28.8. The number of aryl methyl sites for hydroxylation is 1. The van der Waals surface area contributed by atoms with Gasteiger partial charge in [-0.3, -0.25) is 9.59 Å². The third-order valence-corrected chi connectivity index (χ3v) is 6.44. The standard InChI is InChI=1S/C30H29N7O4/c31-22-12-7-14-24(17-22)33-29-35-28-21(10-4-5-15-25(38)39)18-32-37(28)30(36-29)34-23-13-6-11-20(16-23)27(41)26(40)19-8-2-1-3-9-19/h1-3,6-9,11-14,16-18,27,41H,4-5,10,15,31H2,(H,38,39)(H2,33,34,35,36). The van der Waals surface area contributed by atoms with Crippen LogP contribution in [0.5, 0.6) is 0 Å². The smallest absolute Gasteiger partial charge is 0.303 e. The van der Waals surface area contributed by atoms with Gasteiger partial charge in [0.2, 0.25) is 11.9 Å². The van der Waals surface area contributed by atoms with Gasteiger partial charge in [0.1, 0.15) is 6.10 Å². The quantitative estimate of drug-likeness (QED) is 0.0816. The molecule has 0 spiro atoms. The minimum Gasteiger partial charge on any atom is -0.481 e. The average Bonchev–Trinajstić information content (AvgIpc) is 3.38. The van der Waals surface area contributed by atoms with Gasteiger partial charge < -0.3 is 26.6 Å². The van der Waals surface area contributed by atoms with Gasteiger partial charge >= 0.3 is 5.97 Å². The molecule has 6 N–H and O–H groups in total. The van der Waals surface area contributed by atoms with E-state index in [1.165, 1.54) is 0 Å². The van der Waals surface area contributed by atoms with Crippen LogP contribution in [0.1, 0.15) is 46.9 Å². The molecule has 2 aromatic heterocycles. The Bertz CT molecular complexity index is 1690. The maximum atomic E-state index is 12.8. The minimum atomic E-state index is -1.34. The van der Waals surface area contributed by atoms with Crippen LogP contribution in [0.2, 0.25) is 0 Å². The van der Waals surface area contributed by atoms with Crippen LogP contribution in [0.4, 0.5) is 29.0 Å². The summed E-state index contributed by atoms with van der Waals surface area (Å²) in [4.78, 5) is 33.0. The van der Waals surface area contributed by atoms with Crippen LogP contribution >= 0.6 is 0 Å². The average molecular weight is 552 g/mol. The van der Waals surface area contributed by atoms with Gasteiger partial charge in [0, 0.05) is 34.6 Å². The number of carbonyl (C=O) groups is 2. The number of hydrogen-bond donors (Lipinski definition) is 5. The van der Waals surface area contributed by atoms with Gasteiger partial charge in [0.15, 0.2) is 11.4 Å². The van der Waals surface area contributed by atoms with E-state index in [0.29, 0.717) is 65.0 Å². The second kappa shape index (κ2) is 12.3. The number of ketones is 1. The first-order valence-electron chi connectivity index (χ1n) is 13.1. The first-order chi connectivity index (χ1) is 19.9. The summed E-state index contributed by atoms with van der Waals surface area (Å²) < 4.78 is 1.56. The van der Waals surface area contributed by atoms with Crippen LogP contribution in [0.25, 0.3) is 5.65 Å². The van der Waals surface area contributed by atoms with Crippen molar-refractivity contribution in [2.75, 3.05) is 16.4 Å². The molecule has 0 fully saturated rings. The van der Waals surface area contributed by atoms with Crippen molar-refractivity contribution in [3.63, 3.8) is 0 Å². The van der Waals surface area contributed by atoms with Crippen LogP contribution in [0, 0.1) is 0 Å². The Morgan fingerprint density at radius 2 is 1.66 bits per heavy atom. The molecule has 0 aliphatic carbocycles. The highest BCUT2D eigenvalue weighted by molar-refractivity contribution is 5.99. The van der Waals surface area contributed by atoms with Crippen molar-refractivity contribution in [3.05, 3.63) is 102 Å². The summed E-state index contributed by atoms with van der Waals surface area (Å²) in [7, 11) is 0. The Hall–Kier alpha value is -5.29. The number of carbonyl (C=O) groups excluding carboxylic acids is 1. The maximum Gasteiger partial charge on any atom is 0.303 e. The van der Waals surface area contributed by atoms with E-state index in [1.807, 2.05) is 18.2 Å². The number of Topliss-reactive ketones (excluding diaryl/α,β-unsaturated/α-hetero) is 1. The number of rotatable bonds is 12. The van der Waals surface area contributed by atoms with Crippen LogP contribution in [-0.4, -0.2) is 41.5 Å². The predicted molar refractivity (Wildman–Crippen MR) is 156 cm³/mol. The van der Waals surface area contributed by atoms with E-state index in [2.05, 4.69) is 25.7 Å². The second-order valence-electron chi connectivity index (χ2n) is 9.51. The summed E-state index contributed by atoms with van der Waals surface area (Å²) in [5.41, 5.74) is 10.0. The number of nitrogen functional groups attached to an aromatic ring is 1. The molecule has 0 amide bonds. The SMILES string of the molecule is Nc1cccc(Nc2nc(Nc3cccc(C(O)C(=O)c4ccccc4)c3)n3ncc(CCCCC(=O)O)c3n2)c1. The van der Waals surface area contributed by atoms with Crippen molar-refractivity contribution in [2.24, 2.45) is 0 Å². The number of aliphatic hydroxyl groups excluding tert-OH is 1. The third kappa shape index (κ3) is 6.65. The van der Waals surface area contributed by atoms with E-state index >= 15 is 0 Å². The molecule has 11 heteroatoms. The van der Waals surface area contributed by atoms with Gasteiger partial charge in [-0.15, -0.1) is 0 Å². The summed E-state index contributed by atoms with van der Waals surface area (Å²) in [5.74, 6) is -0.585. The van der Waals surface area contributed by atoms with Gasteiger partial charge in [0.05, 0.1) is 6.20 Å². The number of anilines is 5. The molecule has 5 aromatic rings. The lowest BCUT2D eigenvalue weighted by Gasteiger charge is -2.14. The Labute approximate surface area is 235 Å². The van der Waals surface area contributed by atoms with Gasteiger partial charge in [-0.05, 0) is 55.2 Å². The van der Waals surface area contributed by atoms with E-state index in [4.69, 9.17) is 10.8 Å². The van der Waals surface area contributed by atoms with Crippen LogP contribution < -0.4 is 16.4 Å². The lowest BCUT2D eigenvalue weighted by atomic mass is 10.00. The molecular formula is C30H29N7O4.